The maximum atomic E-state index is 14.3. The highest BCUT2D eigenvalue weighted by Gasteiger charge is 2.35. The van der Waals surface area contributed by atoms with Crippen molar-refractivity contribution in [2.45, 2.75) is 96.7 Å². The number of rotatable bonds is 10. The molecule has 2 aliphatic carbocycles. The van der Waals surface area contributed by atoms with Gasteiger partial charge in [0.15, 0.2) is 11.6 Å². The molecule has 1 aromatic carbocycles. The van der Waals surface area contributed by atoms with E-state index in [9.17, 15) is 22.0 Å². The first-order chi connectivity index (χ1) is 15.3. The summed E-state index contributed by atoms with van der Waals surface area (Å²) in [7, 11) is 0. The fourth-order valence-electron chi connectivity index (χ4n) is 5.64. The predicted octanol–water partition coefficient (Wildman–Crippen LogP) is 8.59. The molecule has 1 aromatic rings. The topological polar surface area (TPSA) is 18.5 Å². The van der Waals surface area contributed by atoms with E-state index in [-0.39, 0.29) is 5.92 Å². The van der Waals surface area contributed by atoms with Crippen LogP contribution in [0, 0.1) is 29.5 Å². The second-order valence-electron chi connectivity index (χ2n) is 9.60. The number of halogens is 5. The maximum absolute atomic E-state index is 14.3. The van der Waals surface area contributed by atoms with Crippen LogP contribution < -0.4 is 9.47 Å². The van der Waals surface area contributed by atoms with Crippen molar-refractivity contribution in [2.75, 3.05) is 0 Å². The van der Waals surface area contributed by atoms with Crippen LogP contribution in [0.25, 0.3) is 0 Å². The highest BCUT2D eigenvalue weighted by molar-refractivity contribution is 5.33. The molecule has 0 heterocycles. The lowest BCUT2D eigenvalue weighted by molar-refractivity contribution is -0.183. The molecule has 2 fully saturated rings. The second-order valence-corrected chi connectivity index (χ2v) is 9.60. The van der Waals surface area contributed by atoms with E-state index in [0.717, 1.165) is 55.6 Å². The number of benzene rings is 1. The van der Waals surface area contributed by atoms with Gasteiger partial charge in [0.25, 0.3) is 0 Å². The molecule has 0 aromatic heterocycles. The SMILES string of the molecule is CCCC1CCC(C2CCC(CCC(F)(F)Oc3ccc(OC(F)F)c(F)c3)CC2)CC1. The van der Waals surface area contributed by atoms with Crippen molar-refractivity contribution in [1.82, 2.24) is 0 Å². The summed E-state index contributed by atoms with van der Waals surface area (Å²) in [6.07, 6.45) is 8.62. The first kappa shape index (κ1) is 25.1. The normalized spacial score (nSPS) is 26.8. The van der Waals surface area contributed by atoms with Crippen molar-refractivity contribution < 1.29 is 31.4 Å². The number of alkyl halides is 4. The van der Waals surface area contributed by atoms with Crippen LogP contribution in [0.3, 0.4) is 0 Å². The van der Waals surface area contributed by atoms with E-state index in [4.69, 9.17) is 0 Å². The second kappa shape index (κ2) is 11.6. The number of hydrogen-bond acceptors (Lipinski definition) is 2. The number of hydrogen-bond donors (Lipinski definition) is 0. The Bertz CT molecular complexity index is 696. The summed E-state index contributed by atoms with van der Waals surface area (Å²) in [5.74, 6) is 0.429. The highest BCUT2D eigenvalue weighted by Crippen LogP contribution is 2.43. The van der Waals surface area contributed by atoms with Gasteiger partial charge in [-0.25, -0.2) is 4.39 Å². The zero-order valence-corrected chi connectivity index (χ0v) is 18.8. The van der Waals surface area contributed by atoms with Crippen LogP contribution in [0.15, 0.2) is 18.2 Å². The lowest BCUT2D eigenvalue weighted by Gasteiger charge is -2.38. The van der Waals surface area contributed by atoms with Gasteiger partial charge in [-0.3, -0.25) is 0 Å². The third-order valence-electron chi connectivity index (χ3n) is 7.38. The Hall–Kier alpha value is -1.53. The molecular weight excluding hydrogens is 427 g/mol. The van der Waals surface area contributed by atoms with Gasteiger partial charge in [0.1, 0.15) is 5.75 Å². The highest BCUT2D eigenvalue weighted by atomic mass is 19.3. The van der Waals surface area contributed by atoms with Gasteiger partial charge in [0.2, 0.25) is 0 Å². The summed E-state index contributed by atoms with van der Waals surface area (Å²) in [6, 6.07) is 2.52. The molecule has 182 valence electrons. The quantitative estimate of drug-likeness (QED) is 0.324. The summed E-state index contributed by atoms with van der Waals surface area (Å²) in [4.78, 5) is 0. The summed E-state index contributed by atoms with van der Waals surface area (Å²) >= 11 is 0. The molecule has 2 nitrogen and oxygen atoms in total. The lowest BCUT2D eigenvalue weighted by atomic mass is 9.68. The smallest absolute Gasteiger partial charge is 0.397 e. The Morgan fingerprint density at radius 3 is 1.97 bits per heavy atom. The van der Waals surface area contributed by atoms with Crippen molar-refractivity contribution >= 4 is 0 Å². The van der Waals surface area contributed by atoms with Gasteiger partial charge in [-0.1, -0.05) is 45.4 Å². The molecule has 0 N–H and O–H groups in total. The van der Waals surface area contributed by atoms with E-state index in [0.29, 0.717) is 12.5 Å². The van der Waals surface area contributed by atoms with E-state index in [1.54, 1.807) is 0 Å². The standard InChI is InChI=1S/C25H35F5O2/c1-2-3-17-4-8-19(9-5-17)20-10-6-18(7-11-20)14-15-25(29,30)32-21-12-13-23(22(26)16-21)31-24(27)28/h12-13,16-20,24H,2-11,14-15H2,1H3. The van der Waals surface area contributed by atoms with Gasteiger partial charge in [0.05, 0.1) is 6.42 Å². The van der Waals surface area contributed by atoms with Gasteiger partial charge < -0.3 is 9.47 Å². The molecule has 32 heavy (non-hydrogen) atoms. The molecule has 0 radical (unpaired) electrons. The average molecular weight is 463 g/mol. The van der Waals surface area contributed by atoms with E-state index in [1.165, 1.54) is 38.5 Å². The molecule has 0 bridgehead atoms. The minimum atomic E-state index is -3.44. The molecule has 3 rings (SSSR count). The summed E-state index contributed by atoms with van der Waals surface area (Å²) < 4.78 is 75.3. The van der Waals surface area contributed by atoms with Crippen LogP contribution in [0.4, 0.5) is 22.0 Å². The van der Waals surface area contributed by atoms with Gasteiger partial charge in [-0.15, -0.1) is 0 Å². The predicted molar refractivity (Wildman–Crippen MR) is 114 cm³/mol. The zero-order valence-electron chi connectivity index (χ0n) is 18.8. The van der Waals surface area contributed by atoms with Crippen molar-refractivity contribution in [1.29, 1.82) is 0 Å². The monoisotopic (exact) mass is 462 g/mol. The molecule has 7 heteroatoms. The summed E-state index contributed by atoms with van der Waals surface area (Å²) in [6.45, 7) is -0.939. The molecule has 2 aliphatic rings. The maximum Gasteiger partial charge on any atom is 0.397 e. The van der Waals surface area contributed by atoms with Gasteiger partial charge >= 0.3 is 12.7 Å². The molecular formula is C25H35F5O2. The first-order valence-corrected chi connectivity index (χ1v) is 12.1. The average Bonchev–Trinajstić information content (AvgIpc) is 2.75. The van der Waals surface area contributed by atoms with Gasteiger partial charge in [0, 0.05) is 6.07 Å². The van der Waals surface area contributed by atoms with E-state index < -0.39 is 36.5 Å². The summed E-state index contributed by atoms with van der Waals surface area (Å²) in [5.41, 5.74) is 0. The van der Waals surface area contributed by atoms with E-state index in [2.05, 4.69) is 16.4 Å². The van der Waals surface area contributed by atoms with Crippen LogP contribution in [-0.2, 0) is 0 Å². The Labute approximate surface area is 187 Å². The molecule has 0 spiro atoms. The van der Waals surface area contributed by atoms with Gasteiger partial charge in [-0.2, -0.15) is 17.6 Å². The van der Waals surface area contributed by atoms with Crippen molar-refractivity contribution in [2.24, 2.45) is 23.7 Å². The minimum Gasteiger partial charge on any atom is -0.432 e. The van der Waals surface area contributed by atoms with Crippen LogP contribution >= 0.6 is 0 Å². The van der Waals surface area contributed by atoms with Crippen molar-refractivity contribution in [3.05, 3.63) is 24.0 Å². The molecule has 0 atom stereocenters. The molecule has 2 saturated carbocycles. The van der Waals surface area contributed by atoms with Crippen molar-refractivity contribution in [3.63, 3.8) is 0 Å². The van der Waals surface area contributed by atoms with Crippen LogP contribution in [-0.4, -0.2) is 12.7 Å². The molecule has 0 aliphatic heterocycles. The molecule has 0 unspecified atom stereocenters. The Morgan fingerprint density at radius 1 is 0.906 bits per heavy atom. The number of ether oxygens (including phenoxy) is 2. The molecule has 0 saturated heterocycles. The lowest BCUT2D eigenvalue weighted by Crippen LogP contribution is -2.28. The Morgan fingerprint density at radius 2 is 1.47 bits per heavy atom. The third kappa shape index (κ3) is 7.51. The Kier molecular flexibility index (Phi) is 9.06. The fraction of sp³-hybridized carbons (Fsp3) is 0.760. The van der Waals surface area contributed by atoms with Crippen LogP contribution in [0.2, 0.25) is 0 Å². The van der Waals surface area contributed by atoms with E-state index >= 15 is 0 Å². The fourth-order valence-corrected chi connectivity index (χ4v) is 5.64. The van der Waals surface area contributed by atoms with E-state index in [1.807, 2.05) is 0 Å². The zero-order chi connectivity index (χ0) is 23.1. The van der Waals surface area contributed by atoms with Crippen molar-refractivity contribution in [3.8, 4) is 11.5 Å². The largest absolute Gasteiger partial charge is 0.432 e. The summed E-state index contributed by atoms with van der Waals surface area (Å²) in [5, 5.41) is 0. The van der Waals surface area contributed by atoms with Crippen LogP contribution in [0.1, 0.15) is 84.0 Å². The third-order valence-corrected chi connectivity index (χ3v) is 7.38. The van der Waals surface area contributed by atoms with Crippen LogP contribution in [0.5, 0.6) is 11.5 Å². The Balaban J connectivity index is 1.40. The minimum absolute atomic E-state index is 0.260. The molecule has 0 amide bonds. The van der Waals surface area contributed by atoms with Gasteiger partial charge in [-0.05, 0) is 67.9 Å². The first-order valence-electron chi connectivity index (χ1n) is 12.1.